The molecule has 7 heteroatoms. The number of hydrazone groups is 1. The number of carbonyl (C=O) groups excluding carboxylic acids is 2. The van der Waals surface area contributed by atoms with Crippen LogP contribution in [0, 0.1) is 0 Å². The summed E-state index contributed by atoms with van der Waals surface area (Å²) in [7, 11) is 0. The maximum Gasteiger partial charge on any atom is 0.329 e. The van der Waals surface area contributed by atoms with Gasteiger partial charge in [0.2, 0.25) is 0 Å². The monoisotopic (exact) mass is 371 g/mol. The van der Waals surface area contributed by atoms with Crippen LogP contribution < -0.4 is 15.5 Å². The molecule has 2 rings (SSSR count). The molecule has 0 radical (unpaired) electrons. The molecule has 0 aromatic heterocycles. The lowest BCUT2D eigenvalue weighted by Gasteiger charge is -2.06. The first-order chi connectivity index (χ1) is 12.6. The van der Waals surface area contributed by atoms with E-state index in [1.165, 1.54) is 12.3 Å². The fourth-order valence-electron chi connectivity index (χ4n) is 1.90. The van der Waals surface area contributed by atoms with Crippen molar-refractivity contribution in [2.75, 3.05) is 6.54 Å². The molecule has 134 valence electrons. The summed E-state index contributed by atoms with van der Waals surface area (Å²) in [4.78, 5) is 22.8. The molecule has 26 heavy (non-hydrogen) atoms. The number of hydrogen-bond donors (Lipinski definition) is 2. The van der Waals surface area contributed by atoms with E-state index in [1.54, 1.807) is 30.3 Å². The fourth-order valence-corrected chi connectivity index (χ4v) is 2.12. The first-order valence-corrected chi connectivity index (χ1v) is 8.15. The molecule has 2 amide bonds. The number of amides is 2. The fraction of sp³-hybridized carbons (Fsp3) is 0.105. The Morgan fingerprint density at radius 1 is 1.15 bits per heavy atom. The van der Waals surface area contributed by atoms with Gasteiger partial charge >= 0.3 is 11.8 Å². The molecule has 0 unspecified atom stereocenters. The molecule has 0 aliphatic rings. The number of nitrogens with zero attached hydrogens (tertiary/aromatic N) is 1. The number of carbonyl (C=O) groups is 2. The predicted molar refractivity (Wildman–Crippen MR) is 101 cm³/mol. The van der Waals surface area contributed by atoms with Crippen molar-refractivity contribution in [2.24, 2.45) is 5.10 Å². The molecule has 0 saturated heterocycles. The topological polar surface area (TPSA) is 79.8 Å². The Balaban J connectivity index is 1.82. The molecular formula is C19H18ClN3O3. The summed E-state index contributed by atoms with van der Waals surface area (Å²) >= 11 is 5.93. The van der Waals surface area contributed by atoms with Crippen LogP contribution in [-0.2, 0) is 16.2 Å². The molecule has 2 aromatic carbocycles. The third-order valence-electron chi connectivity index (χ3n) is 3.17. The van der Waals surface area contributed by atoms with E-state index in [0.29, 0.717) is 17.4 Å². The Bertz CT molecular complexity index is 804. The van der Waals surface area contributed by atoms with E-state index >= 15 is 0 Å². The van der Waals surface area contributed by atoms with Crippen LogP contribution in [-0.4, -0.2) is 24.6 Å². The van der Waals surface area contributed by atoms with Gasteiger partial charge in [0.05, 0.1) is 6.21 Å². The summed E-state index contributed by atoms with van der Waals surface area (Å²) in [5.74, 6) is -0.925. The van der Waals surface area contributed by atoms with Crippen LogP contribution in [0.3, 0.4) is 0 Å². The largest absolute Gasteiger partial charge is 0.489 e. The van der Waals surface area contributed by atoms with Crippen molar-refractivity contribution in [1.82, 2.24) is 10.7 Å². The number of halogens is 1. The lowest BCUT2D eigenvalue weighted by Crippen LogP contribution is -2.37. The minimum Gasteiger partial charge on any atom is -0.489 e. The standard InChI is InChI=1S/C19H18ClN3O3/c1-2-10-21-18(24)19(25)23-22-12-14-6-8-17(9-7-14)26-13-15-4-3-5-16(20)11-15/h2-9,11-12H,1,10,13H2,(H,21,24)(H,23,25)/b22-12-. The molecule has 2 aromatic rings. The highest BCUT2D eigenvalue weighted by Crippen LogP contribution is 2.15. The summed E-state index contributed by atoms with van der Waals surface area (Å²) in [6.45, 7) is 4.06. The van der Waals surface area contributed by atoms with E-state index in [9.17, 15) is 9.59 Å². The SMILES string of the molecule is C=CCNC(=O)C(=O)N/N=C\c1ccc(OCc2cccc(Cl)c2)cc1. The highest BCUT2D eigenvalue weighted by atomic mass is 35.5. The van der Waals surface area contributed by atoms with Crippen molar-refractivity contribution in [1.29, 1.82) is 0 Å². The lowest BCUT2D eigenvalue weighted by molar-refractivity contribution is -0.139. The second-order valence-corrected chi connectivity index (χ2v) is 5.62. The van der Waals surface area contributed by atoms with Crippen LogP contribution in [0.4, 0.5) is 0 Å². The van der Waals surface area contributed by atoms with Gasteiger partial charge in [-0.2, -0.15) is 5.10 Å². The van der Waals surface area contributed by atoms with Crippen molar-refractivity contribution in [3.05, 3.63) is 77.3 Å². The van der Waals surface area contributed by atoms with Crippen LogP contribution in [0.15, 0.2) is 66.3 Å². The second kappa shape index (κ2) is 10.0. The molecule has 2 N–H and O–H groups in total. The number of rotatable bonds is 7. The van der Waals surface area contributed by atoms with Gasteiger partial charge in [-0.25, -0.2) is 5.43 Å². The van der Waals surface area contributed by atoms with Gasteiger partial charge in [-0.05, 0) is 47.5 Å². The van der Waals surface area contributed by atoms with Crippen molar-refractivity contribution in [3.63, 3.8) is 0 Å². The Kier molecular flexibility index (Phi) is 7.39. The molecule has 0 heterocycles. The quantitative estimate of drug-likeness (QED) is 0.340. The zero-order chi connectivity index (χ0) is 18.8. The van der Waals surface area contributed by atoms with Crippen molar-refractivity contribution < 1.29 is 14.3 Å². The zero-order valence-electron chi connectivity index (χ0n) is 13.9. The predicted octanol–water partition coefficient (Wildman–Crippen LogP) is 2.67. The van der Waals surface area contributed by atoms with E-state index in [4.69, 9.17) is 16.3 Å². The molecule has 6 nitrogen and oxygen atoms in total. The van der Waals surface area contributed by atoms with Crippen molar-refractivity contribution in [3.8, 4) is 5.75 Å². The van der Waals surface area contributed by atoms with Crippen LogP contribution in [0.25, 0.3) is 0 Å². The number of ether oxygens (including phenoxy) is 1. The maximum absolute atomic E-state index is 11.4. The van der Waals surface area contributed by atoms with Crippen LogP contribution in [0.2, 0.25) is 5.02 Å². The third kappa shape index (κ3) is 6.41. The molecular weight excluding hydrogens is 354 g/mol. The van der Waals surface area contributed by atoms with Gasteiger partial charge in [-0.15, -0.1) is 6.58 Å². The molecule has 0 spiro atoms. The van der Waals surface area contributed by atoms with E-state index in [1.807, 2.05) is 18.2 Å². The number of hydrogen-bond acceptors (Lipinski definition) is 4. The maximum atomic E-state index is 11.4. The molecule has 0 fully saturated rings. The average Bonchev–Trinajstić information content (AvgIpc) is 2.65. The summed E-state index contributed by atoms with van der Waals surface area (Å²) in [6.07, 6.45) is 2.91. The third-order valence-corrected chi connectivity index (χ3v) is 3.40. The zero-order valence-corrected chi connectivity index (χ0v) is 14.7. The molecule has 0 bridgehead atoms. The van der Waals surface area contributed by atoms with Gasteiger partial charge in [0.25, 0.3) is 0 Å². The van der Waals surface area contributed by atoms with Gasteiger partial charge in [-0.3, -0.25) is 9.59 Å². The van der Waals surface area contributed by atoms with Crippen molar-refractivity contribution in [2.45, 2.75) is 6.61 Å². The van der Waals surface area contributed by atoms with Gasteiger partial charge in [0.1, 0.15) is 12.4 Å². The Labute approximate surface area is 156 Å². The summed E-state index contributed by atoms with van der Waals surface area (Å²) in [6, 6.07) is 14.6. The van der Waals surface area contributed by atoms with E-state index < -0.39 is 11.8 Å². The first-order valence-electron chi connectivity index (χ1n) is 7.78. The first kappa shape index (κ1) is 19.2. The van der Waals surface area contributed by atoms with Crippen molar-refractivity contribution >= 4 is 29.6 Å². The highest BCUT2D eigenvalue weighted by Gasteiger charge is 2.10. The molecule has 0 atom stereocenters. The van der Waals surface area contributed by atoms with Gasteiger partial charge in [0.15, 0.2) is 0 Å². The average molecular weight is 372 g/mol. The van der Waals surface area contributed by atoms with Gasteiger partial charge in [0, 0.05) is 11.6 Å². The Morgan fingerprint density at radius 2 is 1.92 bits per heavy atom. The van der Waals surface area contributed by atoms with Gasteiger partial charge < -0.3 is 10.1 Å². The lowest BCUT2D eigenvalue weighted by atomic mass is 10.2. The number of benzene rings is 2. The minimum atomic E-state index is -0.843. The van der Waals surface area contributed by atoms with Crippen LogP contribution >= 0.6 is 11.6 Å². The Hall–Kier alpha value is -3.12. The highest BCUT2D eigenvalue weighted by molar-refractivity contribution is 6.35. The molecule has 0 aliphatic heterocycles. The summed E-state index contributed by atoms with van der Waals surface area (Å²) < 4.78 is 5.68. The second-order valence-electron chi connectivity index (χ2n) is 5.19. The van der Waals surface area contributed by atoms with Crippen LogP contribution in [0.1, 0.15) is 11.1 Å². The summed E-state index contributed by atoms with van der Waals surface area (Å²) in [5, 5.41) is 6.75. The van der Waals surface area contributed by atoms with E-state index in [2.05, 4.69) is 22.4 Å². The molecule has 0 aliphatic carbocycles. The Morgan fingerprint density at radius 3 is 2.62 bits per heavy atom. The molecule has 0 saturated carbocycles. The van der Waals surface area contributed by atoms with E-state index in [-0.39, 0.29) is 6.54 Å². The minimum absolute atomic E-state index is 0.215. The summed E-state index contributed by atoms with van der Waals surface area (Å²) in [5.41, 5.74) is 3.86. The van der Waals surface area contributed by atoms with E-state index in [0.717, 1.165) is 11.1 Å². The number of nitrogens with one attached hydrogen (secondary N) is 2. The van der Waals surface area contributed by atoms with Crippen LogP contribution in [0.5, 0.6) is 5.75 Å². The smallest absolute Gasteiger partial charge is 0.329 e. The van der Waals surface area contributed by atoms with Gasteiger partial charge in [-0.1, -0.05) is 29.8 Å². The normalized spacial score (nSPS) is 10.3.